The zero-order valence-corrected chi connectivity index (χ0v) is 9.54. The summed E-state index contributed by atoms with van der Waals surface area (Å²) in [6, 6.07) is 6.09. The smallest absolute Gasteiger partial charge is 0.148 e. The van der Waals surface area contributed by atoms with Crippen molar-refractivity contribution in [1.29, 1.82) is 0 Å². The van der Waals surface area contributed by atoms with Crippen molar-refractivity contribution in [1.82, 2.24) is 0 Å². The van der Waals surface area contributed by atoms with Gasteiger partial charge in [-0.05, 0) is 33.6 Å². The summed E-state index contributed by atoms with van der Waals surface area (Å²) in [6.07, 6.45) is 6.10. The molecule has 1 atom stereocenters. The van der Waals surface area contributed by atoms with Crippen LogP contribution in [0.5, 0.6) is 0 Å². The van der Waals surface area contributed by atoms with E-state index in [1.165, 1.54) is 12.1 Å². The van der Waals surface area contributed by atoms with Crippen molar-refractivity contribution >= 4 is 21.5 Å². The molecule has 0 aliphatic heterocycles. The Balaban J connectivity index is 2.41. The number of halogens is 2. The van der Waals surface area contributed by atoms with E-state index in [2.05, 4.69) is 15.9 Å². The largest absolute Gasteiger partial charge is 0.374 e. The maximum Gasteiger partial charge on any atom is 0.148 e. The lowest BCUT2D eigenvalue weighted by atomic mass is 9.94. The Bertz CT molecular complexity index is 418. The van der Waals surface area contributed by atoms with Gasteiger partial charge in [0.1, 0.15) is 10.3 Å². The summed E-state index contributed by atoms with van der Waals surface area (Å²) in [6.45, 7) is 0. The molecule has 15 heavy (non-hydrogen) atoms. The van der Waals surface area contributed by atoms with Gasteiger partial charge >= 0.3 is 0 Å². The molecule has 0 amide bonds. The van der Waals surface area contributed by atoms with E-state index in [-0.39, 0.29) is 5.82 Å². The maximum absolute atomic E-state index is 12.7. The number of rotatable bonds is 1. The van der Waals surface area contributed by atoms with Crippen molar-refractivity contribution in [3.63, 3.8) is 0 Å². The Hall–Kier alpha value is -0.930. The lowest BCUT2D eigenvalue weighted by Crippen LogP contribution is -2.22. The lowest BCUT2D eigenvalue weighted by molar-refractivity contribution is 0.207. The molecule has 0 bridgehead atoms. The van der Waals surface area contributed by atoms with Crippen LogP contribution in [-0.2, 0) is 0 Å². The third-order valence-electron chi connectivity index (χ3n) is 2.36. The molecule has 3 heteroatoms. The summed E-state index contributed by atoms with van der Waals surface area (Å²) >= 11 is 3.26. The minimum Gasteiger partial charge on any atom is -0.374 e. The average molecular weight is 269 g/mol. The fourth-order valence-electron chi connectivity index (χ4n) is 1.57. The molecule has 0 saturated carbocycles. The van der Waals surface area contributed by atoms with Crippen molar-refractivity contribution in [2.45, 2.75) is 10.9 Å². The van der Waals surface area contributed by atoms with Crippen molar-refractivity contribution in [3.8, 4) is 0 Å². The van der Waals surface area contributed by atoms with Gasteiger partial charge in [-0.25, -0.2) is 4.39 Å². The Morgan fingerprint density at radius 1 is 1.27 bits per heavy atom. The molecule has 1 N–H and O–H groups in total. The third-order valence-corrected chi connectivity index (χ3v) is 3.11. The Labute approximate surface area is 96.1 Å². The van der Waals surface area contributed by atoms with Gasteiger partial charge in [0.15, 0.2) is 0 Å². The van der Waals surface area contributed by atoms with Crippen LogP contribution in [0.4, 0.5) is 4.39 Å². The van der Waals surface area contributed by atoms with Crippen LogP contribution in [0, 0.1) is 5.82 Å². The van der Waals surface area contributed by atoms with E-state index in [1.807, 2.05) is 18.2 Å². The van der Waals surface area contributed by atoms with Crippen LogP contribution in [0.1, 0.15) is 12.0 Å². The summed E-state index contributed by atoms with van der Waals surface area (Å²) in [7, 11) is 0. The normalized spacial score (nSPS) is 25.1. The Morgan fingerprint density at radius 2 is 1.93 bits per heavy atom. The highest BCUT2D eigenvalue weighted by Crippen LogP contribution is 2.38. The number of hydrogen-bond donors (Lipinski definition) is 1. The first kappa shape index (κ1) is 10.6. The second kappa shape index (κ2) is 3.91. The van der Waals surface area contributed by atoms with Crippen molar-refractivity contribution in [3.05, 3.63) is 53.9 Å². The van der Waals surface area contributed by atoms with E-state index in [0.29, 0.717) is 6.42 Å². The highest BCUT2D eigenvalue weighted by molar-refractivity contribution is 9.10. The zero-order valence-electron chi connectivity index (χ0n) is 7.95. The lowest BCUT2D eigenvalue weighted by Gasteiger charge is -2.25. The van der Waals surface area contributed by atoms with E-state index >= 15 is 0 Å². The van der Waals surface area contributed by atoms with Crippen molar-refractivity contribution in [2.75, 3.05) is 0 Å². The first-order valence-corrected chi connectivity index (χ1v) is 5.43. The predicted molar refractivity (Wildman–Crippen MR) is 62.0 cm³/mol. The molecule has 0 spiro atoms. The maximum atomic E-state index is 12.7. The molecule has 78 valence electrons. The second-order valence-corrected chi connectivity index (χ2v) is 4.79. The van der Waals surface area contributed by atoms with Crippen LogP contribution >= 0.6 is 15.9 Å². The van der Waals surface area contributed by atoms with E-state index in [4.69, 9.17) is 0 Å². The molecule has 1 aromatic carbocycles. The van der Waals surface area contributed by atoms with Gasteiger partial charge in [-0.1, -0.05) is 30.4 Å². The SMILES string of the molecule is OC1(Br)CC=CC=C1c1ccc(F)cc1. The van der Waals surface area contributed by atoms with E-state index in [0.717, 1.165) is 11.1 Å². The molecule has 0 fully saturated rings. The molecule has 2 rings (SSSR count). The first-order chi connectivity index (χ1) is 7.09. The predicted octanol–water partition coefficient (Wildman–Crippen LogP) is 3.25. The molecule has 1 aromatic rings. The first-order valence-electron chi connectivity index (χ1n) is 4.64. The number of aliphatic hydroxyl groups is 1. The Kier molecular flexibility index (Phi) is 2.76. The van der Waals surface area contributed by atoms with Crippen LogP contribution in [0.25, 0.3) is 5.57 Å². The van der Waals surface area contributed by atoms with E-state index in [1.54, 1.807) is 12.1 Å². The molecule has 0 radical (unpaired) electrons. The topological polar surface area (TPSA) is 20.2 Å². The molecular weight excluding hydrogens is 259 g/mol. The van der Waals surface area contributed by atoms with Gasteiger partial charge in [0.25, 0.3) is 0 Å². The molecule has 0 aromatic heterocycles. The highest BCUT2D eigenvalue weighted by atomic mass is 79.9. The van der Waals surface area contributed by atoms with Gasteiger partial charge < -0.3 is 5.11 Å². The molecule has 1 unspecified atom stereocenters. The second-order valence-electron chi connectivity index (χ2n) is 3.48. The van der Waals surface area contributed by atoms with Gasteiger partial charge in [-0.2, -0.15) is 0 Å². The van der Waals surface area contributed by atoms with Crippen molar-refractivity contribution < 1.29 is 9.50 Å². The number of alkyl halides is 1. The fourth-order valence-corrected chi connectivity index (χ4v) is 2.12. The number of benzene rings is 1. The molecule has 1 aliphatic rings. The summed E-state index contributed by atoms with van der Waals surface area (Å²) in [5.74, 6) is -0.274. The summed E-state index contributed by atoms with van der Waals surface area (Å²) in [5.41, 5.74) is 1.57. The average Bonchev–Trinajstić information content (AvgIpc) is 2.19. The van der Waals surface area contributed by atoms with Gasteiger partial charge in [0.2, 0.25) is 0 Å². The minimum absolute atomic E-state index is 0.274. The van der Waals surface area contributed by atoms with E-state index < -0.39 is 4.51 Å². The number of hydrogen-bond acceptors (Lipinski definition) is 1. The van der Waals surface area contributed by atoms with E-state index in [9.17, 15) is 9.50 Å². The van der Waals surface area contributed by atoms with Gasteiger partial charge in [0.05, 0.1) is 0 Å². The number of allylic oxidation sites excluding steroid dienone is 2. The molecule has 1 nitrogen and oxygen atoms in total. The molecule has 0 heterocycles. The van der Waals surface area contributed by atoms with Gasteiger partial charge in [-0.15, -0.1) is 0 Å². The third kappa shape index (κ3) is 2.19. The summed E-state index contributed by atoms with van der Waals surface area (Å²) in [5, 5.41) is 10.1. The van der Waals surface area contributed by atoms with Crippen LogP contribution in [0.3, 0.4) is 0 Å². The summed E-state index contributed by atoms with van der Waals surface area (Å²) < 4.78 is 11.7. The molecule has 0 saturated heterocycles. The zero-order chi connectivity index (χ0) is 10.9. The fraction of sp³-hybridized carbons (Fsp3) is 0.167. The van der Waals surface area contributed by atoms with Gasteiger partial charge in [0, 0.05) is 12.0 Å². The highest BCUT2D eigenvalue weighted by Gasteiger charge is 2.29. The molecular formula is C12H10BrFO. The summed E-state index contributed by atoms with van der Waals surface area (Å²) in [4.78, 5) is 0. The monoisotopic (exact) mass is 268 g/mol. The Morgan fingerprint density at radius 3 is 2.53 bits per heavy atom. The van der Waals surface area contributed by atoms with Crippen molar-refractivity contribution in [2.24, 2.45) is 0 Å². The van der Waals surface area contributed by atoms with Gasteiger partial charge in [-0.3, -0.25) is 0 Å². The van der Waals surface area contributed by atoms with Crippen LogP contribution in [0.15, 0.2) is 42.5 Å². The molecule has 1 aliphatic carbocycles. The van der Waals surface area contributed by atoms with Crippen LogP contribution < -0.4 is 0 Å². The van der Waals surface area contributed by atoms with Crippen LogP contribution in [-0.4, -0.2) is 9.62 Å². The minimum atomic E-state index is -1.04. The quantitative estimate of drug-likeness (QED) is 0.776. The van der Waals surface area contributed by atoms with Crippen LogP contribution in [0.2, 0.25) is 0 Å². The standard InChI is InChI=1S/C12H10BrFO/c13-12(15)8-2-1-3-11(12)9-4-6-10(14)7-5-9/h1-7,15H,8H2.